The number of carbonyl (C=O) groups excluding carboxylic acids is 1. The average Bonchev–Trinajstić information content (AvgIpc) is 2.66. The van der Waals surface area contributed by atoms with Crippen molar-refractivity contribution in [1.29, 1.82) is 0 Å². The predicted molar refractivity (Wildman–Crippen MR) is 111 cm³/mol. The Labute approximate surface area is 169 Å². The molecule has 1 unspecified atom stereocenters. The van der Waals surface area contributed by atoms with Gasteiger partial charge in [0.1, 0.15) is 0 Å². The third kappa shape index (κ3) is 5.57. The number of amides is 1. The fourth-order valence-electron chi connectivity index (χ4n) is 4.38. The first-order valence-corrected chi connectivity index (χ1v) is 12.3. The summed E-state index contributed by atoms with van der Waals surface area (Å²) < 4.78 is 27.5. The molecule has 1 amide bonds. The van der Waals surface area contributed by atoms with Crippen LogP contribution in [0.3, 0.4) is 0 Å². The van der Waals surface area contributed by atoms with Crippen molar-refractivity contribution in [3.8, 4) is 0 Å². The molecular weight excluding hydrogens is 372 g/mol. The molecule has 5 nitrogen and oxygen atoms in total. The van der Waals surface area contributed by atoms with Crippen LogP contribution in [-0.2, 0) is 14.8 Å². The fourth-order valence-corrected chi connectivity index (χ4v) is 5.93. The quantitative estimate of drug-likeness (QED) is 0.807. The number of nitrogens with one attached hydrogen (secondary N) is 1. The van der Waals surface area contributed by atoms with E-state index in [1.54, 1.807) is 16.4 Å². The molecule has 0 radical (unpaired) electrons. The van der Waals surface area contributed by atoms with Gasteiger partial charge in [0.2, 0.25) is 15.9 Å². The number of hydrogen-bond donors (Lipinski definition) is 1. The van der Waals surface area contributed by atoms with E-state index in [4.69, 9.17) is 0 Å². The van der Waals surface area contributed by atoms with Gasteiger partial charge in [-0.05, 0) is 50.7 Å². The van der Waals surface area contributed by atoms with E-state index >= 15 is 0 Å². The fraction of sp³-hybridized carbons (Fsp3) is 0.682. The summed E-state index contributed by atoms with van der Waals surface area (Å²) in [5.74, 6) is 0.489. The van der Waals surface area contributed by atoms with Crippen LogP contribution in [0, 0.1) is 18.8 Å². The van der Waals surface area contributed by atoms with Crippen molar-refractivity contribution in [2.45, 2.75) is 69.6 Å². The molecule has 156 valence electrons. The maximum absolute atomic E-state index is 12.9. The van der Waals surface area contributed by atoms with Crippen molar-refractivity contribution in [1.82, 2.24) is 9.62 Å². The normalized spacial score (nSPS) is 23.0. The summed E-state index contributed by atoms with van der Waals surface area (Å²) in [5.41, 5.74) is 1.05. The van der Waals surface area contributed by atoms with Crippen LogP contribution < -0.4 is 5.32 Å². The van der Waals surface area contributed by atoms with E-state index < -0.39 is 10.0 Å². The van der Waals surface area contributed by atoms with E-state index in [0.717, 1.165) is 44.1 Å². The summed E-state index contributed by atoms with van der Waals surface area (Å²) in [6, 6.07) is 7.04. The number of rotatable bonds is 5. The van der Waals surface area contributed by atoms with Gasteiger partial charge in [0.15, 0.2) is 0 Å². The van der Waals surface area contributed by atoms with E-state index in [-0.39, 0.29) is 17.7 Å². The molecule has 1 aliphatic heterocycles. The van der Waals surface area contributed by atoms with Crippen LogP contribution in [0.2, 0.25) is 0 Å². The van der Waals surface area contributed by atoms with Gasteiger partial charge in [-0.3, -0.25) is 4.79 Å². The lowest BCUT2D eigenvalue weighted by Crippen LogP contribution is -2.44. The number of carbonyl (C=O) groups is 1. The highest BCUT2D eigenvalue weighted by molar-refractivity contribution is 7.89. The van der Waals surface area contributed by atoms with Crippen molar-refractivity contribution in [2.75, 3.05) is 19.6 Å². The third-order valence-electron chi connectivity index (χ3n) is 6.18. The van der Waals surface area contributed by atoms with Crippen LogP contribution >= 0.6 is 0 Å². The summed E-state index contributed by atoms with van der Waals surface area (Å²) in [6.07, 6.45) is 9.83. The first kappa shape index (κ1) is 21.3. The topological polar surface area (TPSA) is 66.5 Å². The van der Waals surface area contributed by atoms with E-state index in [1.807, 2.05) is 19.1 Å². The molecule has 6 heteroatoms. The predicted octanol–water partition coefficient (Wildman–Crippen LogP) is 3.87. The SMILES string of the molecule is Cc1ccc(S(=O)(=O)N2CCCC(CNC(=O)C3CCCCCCC3)C2)cc1. The Kier molecular flexibility index (Phi) is 7.52. The van der Waals surface area contributed by atoms with E-state index in [1.165, 1.54) is 19.3 Å². The highest BCUT2D eigenvalue weighted by Gasteiger charge is 2.30. The minimum absolute atomic E-state index is 0.135. The molecule has 0 spiro atoms. The molecule has 1 atom stereocenters. The van der Waals surface area contributed by atoms with Gasteiger partial charge in [0.25, 0.3) is 0 Å². The highest BCUT2D eigenvalue weighted by Crippen LogP contribution is 2.25. The van der Waals surface area contributed by atoms with E-state index in [9.17, 15) is 13.2 Å². The van der Waals surface area contributed by atoms with Gasteiger partial charge in [-0.25, -0.2) is 8.42 Å². The molecule has 2 aliphatic rings. The molecule has 1 aliphatic carbocycles. The summed E-state index contributed by atoms with van der Waals surface area (Å²) in [4.78, 5) is 13.0. The van der Waals surface area contributed by atoms with Gasteiger partial charge in [0, 0.05) is 25.6 Å². The Balaban J connectivity index is 1.54. The van der Waals surface area contributed by atoms with Gasteiger partial charge in [0.05, 0.1) is 4.90 Å². The smallest absolute Gasteiger partial charge is 0.243 e. The Morgan fingerprint density at radius 1 is 1.00 bits per heavy atom. The first-order chi connectivity index (χ1) is 13.5. The van der Waals surface area contributed by atoms with Crippen LogP contribution in [0.25, 0.3) is 0 Å². The largest absolute Gasteiger partial charge is 0.356 e. The second-order valence-corrected chi connectivity index (χ2v) is 10.4. The lowest BCUT2D eigenvalue weighted by molar-refractivity contribution is -0.125. The lowest BCUT2D eigenvalue weighted by Gasteiger charge is -2.32. The van der Waals surface area contributed by atoms with Gasteiger partial charge < -0.3 is 5.32 Å². The zero-order valence-electron chi connectivity index (χ0n) is 17.0. The van der Waals surface area contributed by atoms with Crippen LogP contribution in [0.15, 0.2) is 29.2 Å². The summed E-state index contributed by atoms with van der Waals surface area (Å²) >= 11 is 0. The molecule has 1 saturated carbocycles. The summed E-state index contributed by atoms with van der Waals surface area (Å²) in [5, 5.41) is 3.13. The monoisotopic (exact) mass is 406 g/mol. The minimum Gasteiger partial charge on any atom is -0.356 e. The van der Waals surface area contributed by atoms with E-state index in [0.29, 0.717) is 24.5 Å². The number of hydrogen-bond acceptors (Lipinski definition) is 3. The zero-order chi connectivity index (χ0) is 20.0. The average molecular weight is 407 g/mol. The molecule has 28 heavy (non-hydrogen) atoms. The van der Waals surface area contributed by atoms with E-state index in [2.05, 4.69) is 5.32 Å². The van der Waals surface area contributed by atoms with Gasteiger partial charge >= 0.3 is 0 Å². The third-order valence-corrected chi connectivity index (χ3v) is 8.06. The standard InChI is InChI=1S/C22H34N2O3S/c1-18-11-13-21(14-12-18)28(26,27)24-15-7-8-19(17-24)16-23-22(25)20-9-5-3-2-4-6-10-20/h11-14,19-20H,2-10,15-17H2,1H3,(H,23,25). The van der Waals surface area contributed by atoms with Crippen molar-refractivity contribution in [2.24, 2.45) is 11.8 Å². The molecule has 3 rings (SSSR count). The molecule has 1 N–H and O–H groups in total. The summed E-state index contributed by atoms with van der Waals surface area (Å²) in [7, 11) is -3.46. The second-order valence-electron chi connectivity index (χ2n) is 8.47. The zero-order valence-corrected chi connectivity index (χ0v) is 17.8. The van der Waals surface area contributed by atoms with Gasteiger partial charge in [-0.1, -0.05) is 49.8 Å². The van der Waals surface area contributed by atoms with Crippen molar-refractivity contribution >= 4 is 15.9 Å². The molecule has 1 saturated heterocycles. The minimum atomic E-state index is -3.46. The second kappa shape index (κ2) is 9.88. The maximum atomic E-state index is 12.9. The molecule has 2 fully saturated rings. The number of nitrogens with zero attached hydrogens (tertiary/aromatic N) is 1. The molecular formula is C22H34N2O3S. The molecule has 0 bridgehead atoms. The highest BCUT2D eigenvalue weighted by atomic mass is 32.2. The Morgan fingerprint density at radius 2 is 1.64 bits per heavy atom. The van der Waals surface area contributed by atoms with Crippen LogP contribution in [0.5, 0.6) is 0 Å². The van der Waals surface area contributed by atoms with Gasteiger partial charge in [-0.2, -0.15) is 4.31 Å². The van der Waals surface area contributed by atoms with Crippen LogP contribution in [0.1, 0.15) is 63.4 Å². The van der Waals surface area contributed by atoms with Crippen LogP contribution in [-0.4, -0.2) is 38.3 Å². The van der Waals surface area contributed by atoms with Crippen molar-refractivity contribution < 1.29 is 13.2 Å². The van der Waals surface area contributed by atoms with Gasteiger partial charge in [-0.15, -0.1) is 0 Å². The number of piperidine rings is 1. The van der Waals surface area contributed by atoms with Crippen molar-refractivity contribution in [3.63, 3.8) is 0 Å². The van der Waals surface area contributed by atoms with Crippen molar-refractivity contribution in [3.05, 3.63) is 29.8 Å². The number of benzene rings is 1. The first-order valence-electron chi connectivity index (χ1n) is 10.8. The maximum Gasteiger partial charge on any atom is 0.243 e. The molecule has 1 aromatic rings. The van der Waals surface area contributed by atoms with Crippen LogP contribution in [0.4, 0.5) is 0 Å². The lowest BCUT2D eigenvalue weighted by atomic mass is 9.90. The number of sulfonamides is 1. The molecule has 1 heterocycles. The molecule has 0 aromatic heterocycles. The Morgan fingerprint density at radius 3 is 2.32 bits per heavy atom. The number of aryl methyl sites for hydroxylation is 1. The summed E-state index contributed by atoms with van der Waals surface area (Å²) in [6.45, 7) is 3.58. The molecule has 1 aromatic carbocycles. The Bertz CT molecular complexity index is 738. The Hall–Kier alpha value is -1.40.